The Balaban J connectivity index is 1.41. The maximum Gasteiger partial charge on any atom is 0.150 e. The van der Waals surface area contributed by atoms with Crippen LogP contribution < -0.4 is 10.6 Å². The first kappa shape index (κ1) is 20.9. The van der Waals surface area contributed by atoms with Crippen molar-refractivity contribution in [3.8, 4) is 6.07 Å². The Morgan fingerprint density at radius 2 is 1.97 bits per heavy atom. The van der Waals surface area contributed by atoms with Crippen molar-refractivity contribution in [3.63, 3.8) is 0 Å². The predicted octanol–water partition coefficient (Wildman–Crippen LogP) is 3.95. The molecule has 160 valence electrons. The van der Waals surface area contributed by atoms with Crippen LogP contribution >= 0.6 is 0 Å². The maximum absolute atomic E-state index is 13.3. The largest absolute Gasteiger partial charge is 0.398 e. The molecule has 0 bridgehead atoms. The average molecular weight is 419 g/mol. The quantitative estimate of drug-likeness (QED) is 0.585. The summed E-state index contributed by atoms with van der Waals surface area (Å²) < 4.78 is 13.3. The summed E-state index contributed by atoms with van der Waals surface area (Å²) in [6.45, 7) is 9.49. The second-order valence-corrected chi connectivity index (χ2v) is 8.31. The first-order chi connectivity index (χ1) is 15.0. The highest BCUT2D eigenvalue weighted by Gasteiger charge is 2.33. The normalized spacial score (nSPS) is 17.9. The molecule has 2 aliphatic rings. The van der Waals surface area contributed by atoms with E-state index in [0.717, 1.165) is 67.4 Å². The number of nitrogens with two attached hydrogens (primary N) is 1. The molecule has 0 spiro atoms. The lowest BCUT2D eigenvalue weighted by molar-refractivity contribution is 0.203. The molecule has 7 heteroatoms. The second kappa shape index (κ2) is 8.76. The lowest BCUT2D eigenvalue weighted by atomic mass is 9.93. The number of aromatic nitrogens is 2. The van der Waals surface area contributed by atoms with Gasteiger partial charge in [-0.2, -0.15) is 5.26 Å². The summed E-state index contributed by atoms with van der Waals surface area (Å²) in [5.74, 6) is 1.04. The van der Waals surface area contributed by atoms with E-state index in [1.807, 2.05) is 13.0 Å². The summed E-state index contributed by atoms with van der Waals surface area (Å²) in [7, 11) is 0. The van der Waals surface area contributed by atoms with Crippen molar-refractivity contribution in [2.45, 2.75) is 25.7 Å². The molecule has 1 aromatic carbocycles. The van der Waals surface area contributed by atoms with Crippen LogP contribution in [-0.4, -0.2) is 41.0 Å². The van der Waals surface area contributed by atoms with E-state index >= 15 is 0 Å². The van der Waals surface area contributed by atoms with Crippen LogP contribution in [0.1, 0.15) is 36.9 Å². The smallest absolute Gasteiger partial charge is 0.150 e. The molecular formula is C24H27FN6. The Hall–Kier alpha value is -3.40. The summed E-state index contributed by atoms with van der Waals surface area (Å²) in [5, 5.41) is 9.14. The molecule has 2 fully saturated rings. The Bertz CT molecular complexity index is 1040. The van der Waals surface area contributed by atoms with E-state index in [-0.39, 0.29) is 11.7 Å². The van der Waals surface area contributed by atoms with Crippen molar-refractivity contribution < 1.29 is 4.39 Å². The highest BCUT2D eigenvalue weighted by molar-refractivity contribution is 5.75. The summed E-state index contributed by atoms with van der Waals surface area (Å²) in [6.07, 6.45) is 7.22. The zero-order valence-corrected chi connectivity index (χ0v) is 17.8. The minimum atomic E-state index is -0.338. The van der Waals surface area contributed by atoms with E-state index in [4.69, 9.17) is 11.0 Å². The van der Waals surface area contributed by atoms with E-state index in [1.165, 1.54) is 12.1 Å². The van der Waals surface area contributed by atoms with E-state index in [0.29, 0.717) is 11.6 Å². The van der Waals surface area contributed by atoms with Gasteiger partial charge in [0.05, 0.1) is 11.8 Å². The topological polar surface area (TPSA) is 82.1 Å². The number of nitrogens with zero attached hydrogens (tertiary/aromatic N) is 5. The van der Waals surface area contributed by atoms with Gasteiger partial charge in [0, 0.05) is 67.4 Å². The zero-order chi connectivity index (χ0) is 22.0. The van der Waals surface area contributed by atoms with Gasteiger partial charge in [-0.05, 0) is 49.6 Å². The second-order valence-electron chi connectivity index (χ2n) is 8.31. The van der Waals surface area contributed by atoms with Gasteiger partial charge in [-0.15, -0.1) is 0 Å². The molecule has 2 aliphatic heterocycles. The summed E-state index contributed by atoms with van der Waals surface area (Å²) in [6, 6.07) is 6.83. The number of nitrogen functional groups attached to an aromatic ring is 1. The van der Waals surface area contributed by atoms with Gasteiger partial charge in [-0.3, -0.25) is 4.98 Å². The number of benzene rings is 1. The van der Waals surface area contributed by atoms with Gasteiger partial charge in [0.1, 0.15) is 5.82 Å². The van der Waals surface area contributed by atoms with Gasteiger partial charge in [-0.1, -0.05) is 6.58 Å². The van der Waals surface area contributed by atoms with Crippen LogP contribution in [-0.2, 0) is 0 Å². The van der Waals surface area contributed by atoms with Crippen molar-refractivity contribution >= 4 is 17.1 Å². The number of rotatable bonds is 5. The van der Waals surface area contributed by atoms with Crippen LogP contribution in [0.2, 0.25) is 0 Å². The first-order valence-electron chi connectivity index (χ1n) is 10.6. The highest BCUT2D eigenvalue weighted by atomic mass is 19.1. The number of allylic oxidation sites excluding steroid dienone is 2. The van der Waals surface area contributed by atoms with Crippen LogP contribution in [0.15, 0.2) is 48.9 Å². The molecule has 0 amide bonds. The fraction of sp³-hybridized carbons (Fsp3) is 0.375. The van der Waals surface area contributed by atoms with Gasteiger partial charge >= 0.3 is 0 Å². The molecule has 2 N–H and O–H groups in total. The average Bonchev–Trinajstić information content (AvgIpc) is 2.73. The number of nitriles is 1. The molecule has 6 nitrogen and oxygen atoms in total. The molecule has 0 unspecified atom stereocenters. The van der Waals surface area contributed by atoms with E-state index < -0.39 is 0 Å². The van der Waals surface area contributed by atoms with Crippen LogP contribution in [0.3, 0.4) is 0 Å². The molecular weight excluding hydrogens is 391 g/mol. The van der Waals surface area contributed by atoms with Crippen molar-refractivity contribution in [2.24, 2.45) is 5.92 Å². The third-order valence-corrected chi connectivity index (χ3v) is 6.18. The van der Waals surface area contributed by atoms with Gasteiger partial charge in [-0.25, -0.2) is 9.37 Å². The van der Waals surface area contributed by atoms with Gasteiger partial charge < -0.3 is 15.5 Å². The summed E-state index contributed by atoms with van der Waals surface area (Å²) in [4.78, 5) is 13.7. The number of piperidine rings is 1. The third-order valence-electron chi connectivity index (χ3n) is 6.18. The van der Waals surface area contributed by atoms with Crippen molar-refractivity contribution in [3.05, 3.63) is 66.0 Å². The Kier molecular flexibility index (Phi) is 5.90. The first-order valence-corrected chi connectivity index (χ1v) is 10.6. The van der Waals surface area contributed by atoms with Crippen LogP contribution in [0, 0.1) is 23.1 Å². The number of anilines is 2. The van der Waals surface area contributed by atoms with E-state index in [1.54, 1.807) is 18.5 Å². The fourth-order valence-corrected chi connectivity index (χ4v) is 4.29. The van der Waals surface area contributed by atoms with Crippen LogP contribution in [0.25, 0.3) is 5.57 Å². The Morgan fingerprint density at radius 1 is 1.26 bits per heavy atom. The number of halogens is 1. The van der Waals surface area contributed by atoms with Crippen molar-refractivity contribution in [2.75, 3.05) is 36.8 Å². The van der Waals surface area contributed by atoms with Crippen molar-refractivity contribution in [1.82, 2.24) is 14.9 Å². The molecule has 3 heterocycles. The van der Waals surface area contributed by atoms with Crippen molar-refractivity contribution in [1.29, 1.82) is 5.26 Å². The summed E-state index contributed by atoms with van der Waals surface area (Å²) in [5.41, 5.74) is 10.1. The maximum atomic E-state index is 13.3. The van der Waals surface area contributed by atoms with Crippen LogP contribution in [0.4, 0.5) is 15.9 Å². The van der Waals surface area contributed by atoms with Crippen LogP contribution in [0.5, 0.6) is 0 Å². The fourth-order valence-electron chi connectivity index (χ4n) is 4.29. The SMILES string of the molecule is C=C(/C=C(/C)c1ccc(F)cc1N)N1CC(c2nccnc2N2CCC(C#N)CC2)C1. The molecule has 0 saturated carbocycles. The number of hydrogen-bond acceptors (Lipinski definition) is 6. The Labute approximate surface area is 182 Å². The molecule has 2 aromatic rings. The molecule has 4 rings (SSSR count). The van der Waals surface area contributed by atoms with Gasteiger partial charge in [0.15, 0.2) is 5.82 Å². The number of hydrogen-bond donors (Lipinski definition) is 1. The molecule has 1 aromatic heterocycles. The molecule has 0 atom stereocenters. The zero-order valence-electron chi connectivity index (χ0n) is 17.8. The highest BCUT2D eigenvalue weighted by Crippen LogP contribution is 2.35. The lowest BCUT2D eigenvalue weighted by Crippen LogP contribution is -2.45. The Morgan fingerprint density at radius 3 is 2.65 bits per heavy atom. The molecule has 31 heavy (non-hydrogen) atoms. The standard InChI is InChI=1S/C24H27FN6/c1-16(21-4-3-20(25)12-22(21)27)11-17(2)31-14-19(15-31)23-24(29-8-7-28-23)30-9-5-18(13-26)6-10-30/h3-4,7-8,11-12,18-19H,2,5-6,9-10,14-15,27H2,1H3/b16-11-. The summed E-state index contributed by atoms with van der Waals surface area (Å²) >= 11 is 0. The minimum absolute atomic E-state index is 0.143. The monoisotopic (exact) mass is 418 g/mol. The van der Waals surface area contributed by atoms with E-state index in [9.17, 15) is 4.39 Å². The predicted molar refractivity (Wildman–Crippen MR) is 120 cm³/mol. The lowest BCUT2D eigenvalue weighted by Gasteiger charge is -2.42. The van der Waals surface area contributed by atoms with Gasteiger partial charge in [0.2, 0.25) is 0 Å². The van der Waals surface area contributed by atoms with Gasteiger partial charge in [0.25, 0.3) is 0 Å². The third kappa shape index (κ3) is 4.38. The molecule has 0 aliphatic carbocycles. The minimum Gasteiger partial charge on any atom is -0.398 e. The molecule has 0 radical (unpaired) electrons. The number of likely N-dealkylation sites (tertiary alicyclic amines) is 1. The van der Waals surface area contributed by atoms with E-state index in [2.05, 4.69) is 32.4 Å². The molecule has 2 saturated heterocycles.